The number of hydrogen-bond donors (Lipinski definition) is 1. The number of hydrogen-bond acceptors (Lipinski definition) is 5. The summed E-state index contributed by atoms with van der Waals surface area (Å²) >= 11 is 1.02. The average Bonchev–Trinajstić information content (AvgIpc) is 2.97. The number of likely N-dealkylation sites (N-methyl/N-ethyl adjacent to an activating group) is 1. The maximum Gasteiger partial charge on any atom is 0.236 e. The van der Waals surface area contributed by atoms with E-state index in [2.05, 4.69) is 10.3 Å². The molecule has 0 bridgehead atoms. The third-order valence-corrected chi connectivity index (χ3v) is 5.16. The third kappa shape index (κ3) is 4.16. The number of anilines is 1. The van der Waals surface area contributed by atoms with E-state index in [4.69, 9.17) is 0 Å². The fourth-order valence-corrected chi connectivity index (χ4v) is 3.91. The van der Waals surface area contributed by atoms with Crippen LogP contribution in [0.1, 0.15) is 12.8 Å². The molecule has 1 aromatic heterocycles. The van der Waals surface area contributed by atoms with Crippen LogP contribution in [0.2, 0.25) is 0 Å². The summed E-state index contributed by atoms with van der Waals surface area (Å²) in [7, 11) is 3.64. The number of nitrogens with one attached hydrogen (secondary N) is 1. The number of halogens is 2. The van der Waals surface area contributed by atoms with Crippen LogP contribution in [0, 0.1) is 17.6 Å². The van der Waals surface area contributed by atoms with Crippen molar-refractivity contribution in [2.24, 2.45) is 5.92 Å². The van der Waals surface area contributed by atoms with Crippen LogP contribution >= 0.6 is 11.3 Å². The maximum atomic E-state index is 13.7. The average molecular weight is 382 g/mol. The summed E-state index contributed by atoms with van der Waals surface area (Å²) in [6.45, 7) is 1.30. The van der Waals surface area contributed by atoms with Gasteiger partial charge in [0.15, 0.2) is 10.9 Å². The number of aromatic nitrogens is 1. The van der Waals surface area contributed by atoms with E-state index in [0.717, 1.165) is 23.8 Å². The molecule has 1 aliphatic rings. The lowest BCUT2D eigenvalue weighted by Gasteiger charge is -2.32. The molecule has 1 unspecified atom stereocenters. The molecule has 1 N–H and O–H groups in total. The summed E-state index contributed by atoms with van der Waals surface area (Å²) in [5.74, 6) is -2.05. The van der Waals surface area contributed by atoms with Gasteiger partial charge in [-0.25, -0.2) is 13.8 Å². The van der Waals surface area contributed by atoms with Gasteiger partial charge in [-0.1, -0.05) is 11.3 Å². The molecule has 3 rings (SSSR count). The van der Waals surface area contributed by atoms with Crippen molar-refractivity contribution in [2.75, 3.05) is 39.0 Å². The van der Waals surface area contributed by atoms with Crippen LogP contribution in [-0.4, -0.2) is 60.3 Å². The molecule has 1 saturated heterocycles. The first kappa shape index (κ1) is 18.7. The zero-order chi connectivity index (χ0) is 18.8. The number of fused-ring (bicyclic) bond motifs is 1. The largest absolute Gasteiger partial charge is 0.341 e. The van der Waals surface area contributed by atoms with Crippen molar-refractivity contribution in [3.63, 3.8) is 0 Å². The maximum absolute atomic E-state index is 13.7. The van der Waals surface area contributed by atoms with Crippen LogP contribution in [0.4, 0.5) is 13.9 Å². The minimum absolute atomic E-state index is 0.00923. The Balaban J connectivity index is 1.68. The van der Waals surface area contributed by atoms with E-state index in [9.17, 15) is 18.4 Å². The Morgan fingerprint density at radius 2 is 2.15 bits per heavy atom. The fraction of sp³-hybridized carbons (Fsp3) is 0.471. The predicted molar refractivity (Wildman–Crippen MR) is 96.0 cm³/mol. The van der Waals surface area contributed by atoms with Gasteiger partial charge >= 0.3 is 0 Å². The summed E-state index contributed by atoms with van der Waals surface area (Å²) in [5, 5.41) is 2.91. The van der Waals surface area contributed by atoms with Crippen LogP contribution in [0.15, 0.2) is 12.1 Å². The monoisotopic (exact) mass is 382 g/mol. The van der Waals surface area contributed by atoms with Gasteiger partial charge in [0.25, 0.3) is 0 Å². The van der Waals surface area contributed by atoms with Crippen molar-refractivity contribution in [3.05, 3.63) is 23.8 Å². The Kier molecular flexibility index (Phi) is 5.47. The van der Waals surface area contributed by atoms with Gasteiger partial charge in [0.05, 0.1) is 17.2 Å². The highest BCUT2D eigenvalue weighted by Crippen LogP contribution is 2.29. The summed E-state index contributed by atoms with van der Waals surface area (Å²) < 4.78 is 27.4. The van der Waals surface area contributed by atoms with Crippen molar-refractivity contribution < 1.29 is 18.4 Å². The first-order valence-corrected chi connectivity index (χ1v) is 9.14. The van der Waals surface area contributed by atoms with E-state index >= 15 is 0 Å². The molecule has 0 saturated carbocycles. The number of piperidine rings is 1. The minimum Gasteiger partial charge on any atom is -0.341 e. The molecule has 26 heavy (non-hydrogen) atoms. The second-order valence-electron chi connectivity index (χ2n) is 6.66. The SMILES string of the molecule is CN(C)CC(=O)N1CCCC(C(=O)Nc2nc3c(F)cc(F)cc3s2)C1. The van der Waals surface area contributed by atoms with Gasteiger partial charge in [0.1, 0.15) is 11.3 Å². The number of nitrogens with zero attached hydrogens (tertiary/aromatic N) is 3. The summed E-state index contributed by atoms with van der Waals surface area (Å²) in [4.78, 5) is 32.2. The highest BCUT2D eigenvalue weighted by Gasteiger charge is 2.29. The Morgan fingerprint density at radius 3 is 2.88 bits per heavy atom. The minimum atomic E-state index is -0.755. The molecule has 1 aromatic carbocycles. The van der Waals surface area contributed by atoms with Gasteiger partial charge in [-0.3, -0.25) is 9.59 Å². The highest BCUT2D eigenvalue weighted by atomic mass is 32.1. The number of thiazole rings is 1. The molecule has 9 heteroatoms. The molecule has 2 aromatic rings. The molecule has 0 radical (unpaired) electrons. The van der Waals surface area contributed by atoms with Crippen molar-refractivity contribution in [3.8, 4) is 0 Å². The van der Waals surface area contributed by atoms with Gasteiger partial charge in [-0.2, -0.15) is 0 Å². The van der Waals surface area contributed by atoms with Crippen molar-refractivity contribution >= 4 is 38.5 Å². The first-order chi connectivity index (χ1) is 12.3. The second kappa shape index (κ2) is 7.63. The van der Waals surface area contributed by atoms with Gasteiger partial charge in [0, 0.05) is 19.2 Å². The van der Waals surface area contributed by atoms with E-state index in [1.807, 2.05) is 14.1 Å². The van der Waals surface area contributed by atoms with E-state index < -0.39 is 11.6 Å². The lowest BCUT2D eigenvalue weighted by molar-refractivity contribution is -0.135. The second-order valence-corrected chi connectivity index (χ2v) is 7.69. The van der Waals surface area contributed by atoms with Crippen molar-refractivity contribution in [2.45, 2.75) is 12.8 Å². The fourth-order valence-electron chi connectivity index (χ4n) is 3.01. The first-order valence-electron chi connectivity index (χ1n) is 8.32. The quantitative estimate of drug-likeness (QED) is 0.881. The smallest absolute Gasteiger partial charge is 0.236 e. The van der Waals surface area contributed by atoms with Crippen LogP contribution in [0.25, 0.3) is 10.2 Å². The van der Waals surface area contributed by atoms with Crippen LogP contribution in [0.3, 0.4) is 0 Å². The molecule has 2 heterocycles. The molecular weight excluding hydrogens is 362 g/mol. The molecule has 0 spiro atoms. The van der Waals surface area contributed by atoms with Crippen molar-refractivity contribution in [1.82, 2.24) is 14.8 Å². The topological polar surface area (TPSA) is 65.5 Å². The standard InChI is InChI=1S/C17H20F2N4O2S/c1-22(2)9-14(24)23-5-3-4-10(8-23)16(25)21-17-20-15-12(19)6-11(18)7-13(15)26-17/h6-7,10H,3-5,8-9H2,1-2H3,(H,20,21,25). The molecule has 2 amide bonds. The Hall–Kier alpha value is -2.13. The number of rotatable bonds is 4. The highest BCUT2D eigenvalue weighted by molar-refractivity contribution is 7.22. The van der Waals surface area contributed by atoms with E-state index in [1.54, 1.807) is 9.80 Å². The van der Waals surface area contributed by atoms with Crippen LogP contribution in [0.5, 0.6) is 0 Å². The number of carbonyl (C=O) groups excluding carboxylic acids is 2. The number of likely N-dealkylation sites (tertiary alicyclic amines) is 1. The third-order valence-electron chi connectivity index (χ3n) is 4.24. The molecule has 1 aliphatic heterocycles. The van der Waals surface area contributed by atoms with Crippen molar-refractivity contribution in [1.29, 1.82) is 0 Å². The molecule has 1 atom stereocenters. The normalized spacial score (nSPS) is 17.7. The zero-order valence-corrected chi connectivity index (χ0v) is 15.4. The van der Waals surface area contributed by atoms with Gasteiger partial charge in [-0.05, 0) is 33.0 Å². The van der Waals surface area contributed by atoms with E-state index in [1.165, 1.54) is 6.07 Å². The molecular formula is C17H20F2N4O2S. The van der Waals surface area contributed by atoms with Gasteiger partial charge < -0.3 is 15.1 Å². The van der Waals surface area contributed by atoms with Crippen LogP contribution in [-0.2, 0) is 9.59 Å². The van der Waals surface area contributed by atoms with Gasteiger partial charge in [-0.15, -0.1) is 0 Å². The lowest BCUT2D eigenvalue weighted by Crippen LogP contribution is -2.46. The van der Waals surface area contributed by atoms with E-state index in [0.29, 0.717) is 30.8 Å². The Morgan fingerprint density at radius 1 is 1.38 bits per heavy atom. The zero-order valence-electron chi connectivity index (χ0n) is 14.6. The summed E-state index contributed by atoms with van der Waals surface area (Å²) in [5.41, 5.74) is 0.0399. The lowest BCUT2D eigenvalue weighted by atomic mass is 9.97. The number of benzene rings is 1. The summed E-state index contributed by atoms with van der Waals surface area (Å²) in [6.07, 6.45) is 1.42. The Bertz CT molecular complexity index is 840. The Labute approximate surface area is 153 Å². The molecule has 1 fully saturated rings. The predicted octanol–water partition coefficient (Wildman–Crippen LogP) is 2.31. The number of amides is 2. The molecule has 6 nitrogen and oxygen atoms in total. The summed E-state index contributed by atoms with van der Waals surface area (Å²) in [6, 6.07) is 1.96. The molecule has 0 aliphatic carbocycles. The number of carbonyl (C=O) groups is 2. The molecule has 140 valence electrons. The van der Waals surface area contributed by atoms with E-state index in [-0.39, 0.29) is 28.4 Å². The van der Waals surface area contributed by atoms with Gasteiger partial charge in [0.2, 0.25) is 11.8 Å². The van der Waals surface area contributed by atoms with Crippen LogP contribution < -0.4 is 5.32 Å².